The zero-order chi connectivity index (χ0) is 33.7. The summed E-state index contributed by atoms with van der Waals surface area (Å²) in [6.45, 7) is 6.62. The summed E-state index contributed by atoms with van der Waals surface area (Å²) >= 11 is 12.5. The largest absolute Gasteiger partial charge is 0.494 e. The highest BCUT2D eigenvalue weighted by molar-refractivity contribution is 7.89. The van der Waals surface area contributed by atoms with Gasteiger partial charge in [0, 0.05) is 40.2 Å². The smallest absolute Gasteiger partial charge is 0.267 e. The normalized spacial score (nSPS) is 12.4. The molecule has 0 radical (unpaired) electrons. The second kappa shape index (κ2) is 15.0. The lowest BCUT2D eigenvalue weighted by atomic mass is 10.0. The number of nitrogens with one attached hydrogen (secondary N) is 3. The van der Waals surface area contributed by atoms with Crippen LogP contribution in [0.1, 0.15) is 56.6 Å². The van der Waals surface area contributed by atoms with Crippen molar-refractivity contribution in [2.24, 2.45) is 0 Å². The summed E-state index contributed by atoms with van der Waals surface area (Å²) < 4.78 is 36.1. The Bertz CT molecular complexity index is 1980. The summed E-state index contributed by atoms with van der Waals surface area (Å²) in [5.41, 5.74) is 6.20. The Morgan fingerprint density at radius 3 is 2.53 bits per heavy atom. The molecular formula is C35H38Cl2N4O5S. The summed E-state index contributed by atoms with van der Waals surface area (Å²) in [5.74, 6) is -0.0992. The van der Waals surface area contributed by atoms with Gasteiger partial charge in [-0.25, -0.2) is 8.42 Å². The molecule has 0 spiro atoms. The minimum Gasteiger partial charge on any atom is -0.494 e. The van der Waals surface area contributed by atoms with E-state index in [0.29, 0.717) is 52.9 Å². The number of ether oxygens (including phenoxy) is 1. The molecule has 4 N–H and O–H groups in total. The quantitative estimate of drug-likeness (QED) is 0.0769. The molecule has 5 rings (SSSR count). The average molecular weight is 698 g/mol. The lowest BCUT2D eigenvalue weighted by Gasteiger charge is -2.15. The van der Waals surface area contributed by atoms with Gasteiger partial charge >= 0.3 is 0 Å². The third-order valence-electron chi connectivity index (χ3n) is 7.87. The van der Waals surface area contributed by atoms with Crippen molar-refractivity contribution in [3.05, 3.63) is 122 Å². The second-order valence-corrected chi connectivity index (χ2v) is 14.3. The lowest BCUT2D eigenvalue weighted by molar-refractivity contribution is 0.0947. The Morgan fingerprint density at radius 1 is 1.02 bits per heavy atom. The van der Waals surface area contributed by atoms with Crippen molar-refractivity contribution in [3.8, 4) is 5.75 Å². The number of aromatic amines is 1. The van der Waals surface area contributed by atoms with Gasteiger partial charge in [0.25, 0.3) is 5.91 Å². The maximum absolute atomic E-state index is 13.0. The fourth-order valence-electron chi connectivity index (χ4n) is 5.62. The molecule has 12 heteroatoms. The predicted octanol–water partition coefficient (Wildman–Crippen LogP) is 6.60. The van der Waals surface area contributed by atoms with E-state index in [1.165, 1.54) is 0 Å². The molecule has 0 aliphatic carbocycles. The molecule has 1 unspecified atom stereocenters. The van der Waals surface area contributed by atoms with Crippen LogP contribution in [0.15, 0.2) is 72.9 Å². The molecule has 2 aromatic heterocycles. The summed E-state index contributed by atoms with van der Waals surface area (Å²) in [7, 11) is -4.00. The van der Waals surface area contributed by atoms with Crippen molar-refractivity contribution >= 4 is 50.0 Å². The Morgan fingerprint density at radius 2 is 1.79 bits per heavy atom. The number of aliphatic hydroxyl groups excluding tert-OH is 1. The minimum atomic E-state index is -4.00. The molecule has 9 nitrogen and oxygen atoms in total. The molecule has 248 valence electrons. The summed E-state index contributed by atoms with van der Waals surface area (Å²) in [5, 5.41) is 15.8. The molecule has 3 aromatic carbocycles. The fraction of sp³-hybridized carbons (Fsp3) is 0.286. The number of sulfonamides is 1. The van der Waals surface area contributed by atoms with E-state index in [0.717, 1.165) is 39.0 Å². The van der Waals surface area contributed by atoms with Crippen molar-refractivity contribution in [1.29, 1.82) is 0 Å². The van der Waals surface area contributed by atoms with E-state index in [4.69, 9.17) is 27.9 Å². The number of amides is 1. The van der Waals surface area contributed by atoms with Gasteiger partial charge in [0.1, 0.15) is 11.4 Å². The number of halogens is 2. The third kappa shape index (κ3) is 8.77. The van der Waals surface area contributed by atoms with Crippen molar-refractivity contribution in [2.75, 3.05) is 18.9 Å². The number of H-pyrrole nitrogens is 1. The molecule has 47 heavy (non-hydrogen) atoms. The number of fused-ring (bicyclic) bond motifs is 1. The first-order valence-corrected chi connectivity index (χ1v) is 17.7. The van der Waals surface area contributed by atoms with Gasteiger partial charge in [0.15, 0.2) is 6.23 Å². The first-order valence-electron chi connectivity index (χ1n) is 15.3. The number of nitrogens with zero attached hydrogens (tertiary/aromatic N) is 1. The van der Waals surface area contributed by atoms with E-state index in [1.54, 1.807) is 24.3 Å². The van der Waals surface area contributed by atoms with Crippen molar-refractivity contribution in [3.63, 3.8) is 0 Å². The van der Waals surface area contributed by atoms with E-state index in [-0.39, 0.29) is 12.5 Å². The minimum absolute atomic E-state index is 0.146. The van der Waals surface area contributed by atoms with Crippen LogP contribution >= 0.6 is 23.2 Å². The highest BCUT2D eigenvalue weighted by Crippen LogP contribution is 2.30. The van der Waals surface area contributed by atoms with Gasteiger partial charge in [-0.15, -0.1) is 0 Å². The van der Waals surface area contributed by atoms with E-state index < -0.39 is 22.0 Å². The van der Waals surface area contributed by atoms with Crippen LogP contribution in [0.3, 0.4) is 0 Å². The number of carbonyl (C=O) groups is 1. The Labute approximate surface area is 284 Å². The van der Waals surface area contributed by atoms with Gasteiger partial charge in [0.2, 0.25) is 10.0 Å². The summed E-state index contributed by atoms with van der Waals surface area (Å²) in [4.78, 5) is 16.1. The van der Waals surface area contributed by atoms with E-state index in [2.05, 4.69) is 21.1 Å². The van der Waals surface area contributed by atoms with Crippen LogP contribution in [-0.2, 0) is 23.0 Å². The highest BCUT2D eigenvalue weighted by Gasteiger charge is 2.23. The molecular weight excluding hydrogens is 659 g/mol. The molecule has 1 amide bonds. The van der Waals surface area contributed by atoms with Crippen LogP contribution in [0.5, 0.6) is 5.75 Å². The second-order valence-electron chi connectivity index (χ2n) is 11.6. The number of carbonyl (C=O) groups excluding carboxylic acids is 1. The van der Waals surface area contributed by atoms with Gasteiger partial charge in [-0.05, 0) is 92.3 Å². The zero-order valence-electron chi connectivity index (χ0n) is 26.4. The Kier molecular flexibility index (Phi) is 11.0. The molecule has 0 aliphatic rings. The fourth-order valence-corrected chi connectivity index (χ4v) is 6.85. The van der Waals surface area contributed by atoms with E-state index in [9.17, 15) is 18.3 Å². The van der Waals surface area contributed by atoms with Crippen molar-refractivity contribution in [2.45, 2.75) is 46.4 Å². The SMILES string of the molecule is Cc1cccc(Cn2cccc2C(=O)NCCS(=O)(=O)NC(O)c2[nH]c3cc(Cl)ccc3c2CCCOc2cc(C)c(Cl)c(C)c2)c1. The number of aliphatic hydroxyl groups is 1. The van der Waals surface area contributed by atoms with Crippen LogP contribution in [0.2, 0.25) is 10.0 Å². The first-order chi connectivity index (χ1) is 22.4. The molecule has 5 aromatic rings. The Balaban J connectivity index is 1.20. The number of rotatable bonds is 14. The average Bonchev–Trinajstić information content (AvgIpc) is 3.62. The van der Waals surface area contributed by atoms with E-state index in [1.807, 2.05) is 67.9 Å². The standard InChI is InChI=1S/C35H38Cl2N4O5S/c1-22-7-4-8-25(17-22)21-41-14-5-10-31(41)34(42)38-13-16-47(44,45)40-35(43)33-29(28-12-11-26(36)20-30(28)39-33)9-6-15-46-27-18-23(2)32(37)24(3)19-27/h4-5,7-8,10-12,14,17-20,35,39-40,43H,6,9,13,15-16,21H2,1-3H3,(H,38,42). The Hall–Kier alpha value is -3.80. The van der Waals surface area contributed by atoms with Gasteiger partial charge in [-0.1, -0.05) is 59.1 Å². The number of hydrogen-bond donors (Lipinski definition) is 4. The van der Waals surface area contributed by atoms with Crippen molar-refractivity contribution < 1.29 is 23.1 Å². The van der Waals surface area contributed by atoms with Gasteiger partial charge in [0.05, 0.1) is 18.1 Å². The maximum atomic E-state index is 13.0. The van der Waals surface area contributed by atoms with Gasteiger partial charge in [-0.2, -0.15) is 4.72 Å². The molecule has 0 saturated heterocycles. The van der Waals surface area contributed by atoms with E-state index >= 15 is 0 Å². The zero-order valence-corrected chi connectivity index (χ0v) is 28.8. The molecule has 0 aliphatic heterocycles. The van der Waals surface area contributed by atoms with Gasteiger partial charge in [-0.3, -0.25) is 4.79 Å². The number of aromatic nitrogens is 2. The number of benzene rings is 3. The molecule has 1 atom stereocenters. The molecule has 0 bridgehead atoms. The topological polar surface area (TPSA) is 125 Å². The lowest BCUT2D eigenvalue weighted by Crippen LogP contribution is -2.37. The van der Waals surface area contributed by atoms with Crippen LogP contribution in [0, 0.1) is 20.8 Å². The molecule has 0 fully saturated rings. The van der Waals surface area contributed by atoms with Crippen LogP contribution in [0.4, 0.5) is 0 Å². The van der Waals surface area contributed by atoms with Gasteiger partial charge < -0.3 is 24.7 Å². The number of aryl methyl sites for hydroxylation is 4. The summed E-state index contributed by atoms with van der Waals surface area (Å²) in [6.07, 6.45) is 1.36. The highest BCUT2D eigenvalue weighted by atomic mass is 35.5. The maximum Gasteiger partial charge on any atom is 0.267 e. The monoisotopic (exact) mass is 696 g/mol. The van der Waals surface area contributed by atoms with Crippen LogP contribution < -0.4 is 14.8 Å². The van der Waals surface area contributed by atoms with Crippen molar-refractivity contribution in [1.82, 2.24) is 19.6 Å². The molecule has 0 saturated carbocycles. The number of hydrogen-bond acceptors (Lipinski definition) is 5. The predicted molar refractivity (Wildman–Crippen MR) is 187 cm³/mol. The summed E-state index contributed by atoms with van der Waals surface area (Å²) in [6, 6.07) is 20.6. The van der Waals surface area contributed by atoms with Crippen LogP contribution in [-0.4, -0.2) is 47.9 Å². The molecule has 2 heterocycles. The first kappa shape index (κ1) is 34.5. The van der Waals surface area contributed by atoms with Crippen LogP contribution in [0.25, 0.3) is 10.9 Å². The third-order valence-corrected chi connectivity index (χ3v) is 10.0.